The molecule has 34 heavy (non-hydrogen) atoms. The van der Waals surface area contributed by atoms with E-state index >= 15 is 0 Å². The molecule has 0 spiro atoms. The fourth-order valence-electron chi connectivity index (χ4n) is 3.62. The number of esters is 1. The van der Waals surface area contributed by atoms with Gasteiger partial charge in [0.2, 0.25) is 0 Å². The summed E-state index contributed by atoms with van der Waals surface area (Å²) in [6, 6.07) is 26.5. The van der Waals surface area contributed by atoms with Crippen LogP contribution in [0.1, 0.15) is 50.8 Å². The Balaban J connectivity index is 2.01. The van der Waals surface area contributed by atoms with Crippen molar-refractivity contribution < 1.29 is 14.3 Å². The maximum atomic E-state index is 12.3. The largest absolute Gasteiger partial charge is 0.492 e. The molecule has 3 aromatic rings. The summed E-state index contributed by atoms with van der Waals surface area (Å²) in [7, 11) is 1.91. The van der Waals surface area contributed by atoms with Gasteiger partial charge in [-0.1, -0.05) is 61.5 Å². The van der Waals surface area contributed by atoms with E-state index in [9.17, 15) is 4.79 Å². The van der Waals surface area contributed by atoms with Crippen LogP contribution in [0.5, 0.6) is 11.5 Å². The van der Waals surface area contributed by atoms with Crippen LogP contribution in [0.25, 0.3) is 11.1 Å². The highest BCUT2D eigenvalue weighted by atomic mass is 16.5. The lowest BCUT2D eigenvalue weighted by molar-refractivity contribution is -0.142. The first-order chi connectivity index (χ1) is 16.3. The van der Waals surface area contributed by atoms with Crippen molar-refractivity contribution in [2.24, 2.45) is 5.41 Å². The van der Waals surface area contributed by atoms with Crippen molar-refractivity contribution in [1.29, 1.82) is 0 Å². The lowest BCUT2D eigenvalue weighted by atomic mass is 9.88. The lowest BCUT2D eigenvalue weighted by Gasteiger charge is -2.18. The van der Waals surface area contributed by atoms with Crippen LogP contribution >= 0.6 is 0 Å². The normalized spacial score (nSPS) is 12.1. The van der Waals surface area contributed by atoms with Crippen LogP contribution in [0.3, 0.4) is 0 Å². The molecular formula is C30H35NO3. The Hall–Kier alpha value is -3.37. The van der Waals surface area contributed by atoms with Crippen molar-refractivity contribution in [3.63, 3.8) is 0 Å². The zero-order chi connectivity index (χ0) is 24.6. The van der Waals surface area contributed by atoms with E-state index in [2.05, 4.69) is 48.6 Å². The molecule has 4 nitrogen and oxygen atoms in total. The van der Waals surface area contributed by atoms with Gasteiger partial charge in [-0.25, -0.2) is 0 Å². The maximum Gasteiger partial charge on any atom is 0.316 e. The molecule has 0 unspecified atom stereocenters. The molecule has 3 aromatic carbocycles. The van der Waals surface area contributed by atoms with E-state index in [0.717, 1.165) is 35.4 Å². The molecular weight excluding hydrogens is 422 g/mol. The van der Waals surface area contributed by atoms with Crippen LogP contribution in [0.2, 0.25) is 0 Å². The van der Waals surface area contributed by atoms with Crippen LogP contribution in [-0.2, 0) is 4.79 Å². The third-order valence-corrected chi connectivity index (χ3v) is 5.51. The molecule has 0 bridgehead atoms. The summed E-state index contributed by atoms with van der Waals surface area (Å²) in [4.78, 5) is 12.3. The number of ether oxygens (including phenoxy) is 2. The monoisotopic (exact) mass is 457 g/mol. The minimum Gasteiger partial charge on any atom is -0.492 e. The van der Waals surface area contributed by atoms with Crippen LogP contribution in [0.15, 0.2) is 78.9 Å². The summed E-state index contributed by atoms with van der Waals surface area (Å²) < 4.78 is 11.4. The van der Waals surface area contributed by atoms with Crippen molar-refractivity contribution >= 4 is 17.1 Å². The molecule has 4 heteroatoms. The molecule has 0 radical (unpaired) electrons. The lowest BCUT2D eigenvalue weighted by Crippen LogP contribution is -2.25. The highest BCUT2D eigenvalue weighted by molar-refractivity contribution is 5.98. The predicted molar refractivity (Wildman–Crippen MR) is 140 cm³/mol. The number of allylic oxidation sites excluding steroid dienone is 1. The van der Waals surface area contributed by atoms with Gasteiger partial charge >= 0.3 is 5.97 Å². The van der Waals surface area contributed by atoms with Gasteiger partial charge < -0.3 is 14.8 Å². The Morgan fingerprint density at radius 3 is 1.85 bits per heavy atom. The average Bonchev–Trinajstić information content (AvgIpc) is 2.84. The van der Waals surface area contributed by atoms with E-state index in [1.807, 2.05) is 70.3 Å². The number of nitrogens with one attached hydrogen (secondary N) is 1. The van der Waals surface area contributed by atoms with Gasteiger partial charge in [0.05, 0.1) is 5.41 Å². The summed E-state index contributed by atoms with van der Waals surface area (Å²) >= 11 is 0. The van der Waals surface area contributed by atoms with Gasteiger partial charge in [0.25, 0.3) is 0 Å². The molecule has 0 saturated carbocycles. The molecule has 0 heterocycles. The third-order valence-electron chi connectivity index (χ3n) is 5.51. The molecule has 0 aliphatic rings. The zero-order valence-electron chi connectivity index (χ0n) is 20.9. The third kappa shape index (κ3) is 6.58. The fourth-order valence-corrected chi connectivity index (χ4v) is 3.62. The number of rotatable bonds is 9. The summed E-state index contributed by atoms with van der Waals surface area (Å²) in [5, 5.41) is 3.09. The van der Waals surface area contributed by atoms with Crippen molar-refractivity contribution in [1.82, 2.24) is 5.32 Å². The molecule has 0 fully saturated rings. The second-order valence-electron chi connectivity index (χ2n) is 9.21. The van der Waals surface area contributed by atoms with E-state index in [0.29, 0.717) is 12.4 Å². The zero-order valence-corrected chi connectivity index (χ0v) is 20.9. The molecule has 0 amide bonds. The van der Waals surface area contributed by atoms with Gasteiger partial charge in [0.15, 0.2) is 0 Å². The number of hydrogen-bond acceptors (Lipinski definition) is 4. The topological polar surface area (TPSA) is 47.6 Å². The Labute approximate surface area is 203 Å². The van der Waals surface area contributed by atoms with Gasteiger partial charge in [0, 0.05) is 6.54 Å². The van der Waals surface area contributed by atoms with Crippen LogP contribution in [0.4, 0.5) is 0 Å². The number of carbonyl (C=O) groups excluding carboxylic acids is 1. The Bertz CT molecular complexity index is 1090. The molecule has 178 valence electrons. The van der Waals surface area contributed by atoms with E-state index in [-0.39, 0.29) is 5.97 Å². The molecule has 0 atom stereocenters. The second kappa shape index (κ2) is 11.7. The van der Waals surface area contributed by atoms with Gasteiger partial charge in [-0.05, 0) is 86.3 Å². The van der Waals surface area contributed by atoms with Gasteiger partial charge in [-0.15, -0.1) is 0 Å². The maximum absolute atomic E-state index is 12.3. The smallest absolute Gasteiger partial charge is 0.316 e. The van der Waals surface area contributed by atoms with Crippen molar-refractivity contribution in [3.05, 3.63) is 95.6 Å². The molecule has 0 saturated heterocycles. The van der Waals surface area contributed by atoms with E-state index in [1.54, 1.807) is 0 Å². The van der Waals surface area contributed by atoms with Crippen molar-refractivity contribution in [2.75, 3.05) is 20.2 Å². The fraction of sp³-hybridized carbons (Fsp3) is 0.300. The SMILES string of the molecule is CCC(=C(c1ccc(OCCNC)cc1)c1ccc(OC(=O)C(C)(C)C)cc1)c1ccccc1. The van der Waals surface area contributed by atoms with Gasteiger partial charge in [0.1, 0.15) is 18.1 Å². The highest BCUT2D eigenvalue weighted by Gasteiger charge is 2.23. The quantitative estimate of drug-likeness (QED) is 0.170. The van der Waals surface area contributed by atoms with Crippen molar-refractivity contribution in [2.45, 2.75) is 34.1 Å². The summed E-state index contributed by atoms with van der Waals surface area (Å²) in [6.45, 7) is 9.15. The molecule has 0 aliphatic heterocycles. The van der Waals surface area contributed by atoms with Gasteiger partial charge in [-0.2, -0.15) is 0 Å². The number of likely N-dealkylation sites (N-methyl/N-ethyl adjacent to an activating group) is 1. The highest BCUT2D eigenvalue weighted by Crippen LogP contribution is 2.35. The standard InChI is InChI=1S/C30H35NO3/c1-6-27(22-10-8-7-9-11-22)28(23-12-16-25(17-13-23)33-21-20-31-5)24-14-18-26(19-15-24)34-29(32)30(2,3)4/h7-19,31H,6,20-21H2,1-5H3. The number of benzene rings is 3. The Morgan fingerprint density at radius 1 is 0.794 bits per heavy atom. The van der Waals surface area contributed by atoms with E-state index < -0.39 is 5.41 Å². The minimum atomic E-state index is -0.552. The van der Waals surface area contributed by atoms with Crippen molar-refractivity contribution in [3.8, 4) is 11.5 Å². The van der Waals surface area contributed by atoms with Gasteiger partial charge in [-0.3, -0.25) is 4.79 Å². The summed E-state index contributed by atoms with van der Waals surface area (Å²) in [6.07, 6.45) is 0.876. The van der Waals surface area contributed by atoms with Crippen LogP contribution in [-0.4, -0.2) is 26.2 Å². The average molecular weight is 458 g/mol. The first-order valence-electron chi connectivity index (χ1n) is 11.8. The first-order valence-corrected chi connectivity index (χ1v) is 11.8. The summed E-state index contributed by atoms with van der Waals surface area (Å²) in [5.41, 5.74) is 5.23. The Kier molecular flexibility index (Phi) is 8.67. The number of hydrogen-bond donors (Lipinski definition) is 1. The Morgan fingerprint density at radius 2 is 1.35 bits per heavy atom. The number of carbonyl (C=O) groups is 1. The molecule has 3 rings (SSSR count). The minimum absolute atomic E-state index is 0.247. The van der Waals surface area contributed by atoms with Crippen LogP contribution < -0.4 is 14.8 Å². The first kappa shape index (κ1) is 25.3. The van der Waals surface area contributed by atoms with E-state index in [4.69, 9.17) is 9.47 Å². The second-order valence-corrected chi connectivity index (χ2v) is 9.21. The summed E-state index contributed by atoms with van der Waals surface area (Å²) in [5.74, 6) is 1.15. The molecule has 1 N–H and O–H groups in total. The molecule has 0 aromatic heterocycles. The van der Waals surface area contributed by atoms with Crippen LogP contribution in [0, 0.1) is 5.41 Å². The molecule has 0 aliphatic carbocycles. The van der Waals surface area contributed by atoms with E-state index in [1.165, 1.54) is 11.1 Å². The predicted octanol–water partition coefficient (Wildman–Crippen LogP) is 6.61.